The highest BCUT2D eigenvalue weighted by Gasteiger charge is 2.08. The zero-order valence-corrected chi connectivity index (χ0v) is 21.5. The monoisotopic (exact) mass is 538 g/mol. The second-order valence-corrected chi connectivity index (χ2v) is 8.46. The average Bonchev–Trinajstić information content (AvgIpc) is 3.02. The fourth-order valence-electron chi connectivity index (χ4n) is 3.03. The number of aryl methyl sites for hydroxylation is 2. The van der Waals surface area contributed by atoms with Crippen molar-refractivity contribution in [3.05, 3.63) is 51.5 Å². The molecule has 0 saturated heterocycles. The number of thiazole rings is 1. The van der Waals surface area contributed by atoms with E-state index in [0.717, 1.165) is 47.9 Å². The fourth-order valence-corrected chi connectivity index (χ4v) is 3.97. The molecular weight excluding hydrogens is 507 g/mol. The van der Waals surface area contributed by atoms with Crippen molar-refractivity contribution in [1.29, 1.82) is 0 Å². The number of aromatic nitrogens is 2. The number of aliphatic imine (C=N–C) groups is 1. The predicted octanol–water partition coefficient (Wildman–Crippen LogP) is 4.29. The van der Waals surface area contributed by atoms with E-state index in [0.29, 0.717) is 6.54 Å². The Kier molecular flexibility index (Phi) is 9.29. The molecule has 0 aliphatic heterocycles. The van der Waals surface area contributed by atoms with Crippen LogP contribution in [0.4, 0.5) is 5.82 Å². The maximum atomic E-state index is 4.82. The lowest BCUT2D eigenvalue weighted by atomic mass is 10.1. The molecule has 3 aromatic rings. The molecule has 0 spiro atoms. The maximum Gasteiger partial charge on any atom is 0.191 e. The number of benzene rings is 1. The molecule has 0 saturated carbocycles. The van der Waals surface area contributed by atoms with Crippen molar-refractivity contribution in [2.45, 2.75) is 33.7 Å². The summed E-state index contributed by atoms with van der Waals surface area (Å²) in [5.74, 6) is 1.77. The second kappa shape index (κ2) is 11.5. The van der Waals surface area contributed by atoms with Crippen LogP contribution < -0.4 is 15.5 Å². The number of pyridine rings is 1. The van der Waals surface area contributed by atoms with Gasteiger partial charge in [0.15, 0.2) is 5.96 Å². The number of hydrogen-bond donors (Lipinski definition) is 2. The van der Waals surface area contributed by atoms with Gasteiger partial charge in [0.2, 0.25) is 0 Å². The molecule has 1 aromatic carbocycles. The predicted molar refractivity (Wildman–Crippen MR) is 140 cm³/mol. The van der Waals surface area contributed by atoms with Gasteiger partial charge in [-0.25, -0.2) is 15.0 Å². The van der Waals surface area contributed by atoms with Gasteiger partial charge in [0.1, 0.15) is 5.82 Å². The van der Waals surface area contributed by atoms with Gasteiger partial charge in [-0.1, -0.05) is 18.2 Å². The number of anilines is 1. The molecule has 30 heavy (non-hydrogen) atoms. The molecule has 0 radical (unpaired) electrons. The van der Waals surface area contributed by atoms with Crippen LogP contribution in [-0.4, -0.2) is 43.1 Å². The van der Waals surface area contributed by atoms with E-state index < -0.39 is 0 Å². The lowest BCUT2D eigenvalue weighted by molar-refractivity contribution is 0.796. The van der Waals surface area contributed by atoms with Gasteiger partial charge in [0.05, 0.1) is 22.8 Å². The molecule has 6 nitrogen and oxygen atoms in total. The Morgan fingerprint density at radius 2 is 1.90 bits per heavy atom. The molecule has 0 fully saturated rings. The Bertz CT molecular complexity index is 979. The van der Waals surface area contributed by atoms with Gasteiger partial charge < -0.3 is 15.5 Å². The van der Waals surface area contributed by atoms with E-state index in [2.05, 4.69) is 54.6 Å². The minimum Gasteiger partial charge on any atom is -0.363 e. The summed E-state index contributed by atoms with van der Waals surface area (Å²) in [6, 6.07) is 10.4. The molecule has 0 atom stereocenters. The molecule has 2 aromatic heterocycles. The highest BCUT2D eigenvalue weighted by Crippen LogP contribution is 2.22. The van der Waals surface area contributed by atoms with E-state index in [1.807, 2.05) is 31.1 Å². The maximum absolute atomic E-state index is 4.82. The molecule has 0 aliphatic carbocycles. The zero-order chi connectivity index (χ0) is 20.8. The van der Waals surface area contributed by atoms with Gasteiger partial charge in [-0.2, -0.15) is 0 Å². The molecule has 3 rings (SSSR count). The summed E-state index contributed by atoms with van der Waals surface area (Å²) in [4.78, 5) is 17.5. The van der Waals surface area contributed by atoms with E-state index in [9.17, 15) is 0 Å². The number of halogens is 1. The first-order valence-corrected chi connectivity index (χ1v) is 10.8. The van der Waals surface area contributed by atoms with Crippen molar-refractivity contribution in [3.63, 3.8) is 0 Å². The van der Waals surface area contributed by atoms with Crippen LogP contribution in [0.5, 0.6) is 0 Å². The van der Waals surface area contributed by atoms with Crippen molar-refractivity contribution in [2.24, 2.45) is 4.99 Å². The molecule has 0 unspecified atom stereocenters. The van der Waals surface area contributed by atoms with Crippen LogP contribution in [0.2, 0.25) is 0 Å². The topological polar surface area (TPSA) is 65.4 Å². The first kappa shape index (κ1) is 24.3. The van der Waals surface area contributed by atoms with E-state index in [1.54, 1.807) is 11.3 Å². The summed E-state index contributed by atoms with van der Waals surface area (Å²) in [6.45, 7) is 8.48. The molecular formula is C22H31IN6S. The summed E-state index contributed by atoms with van der Waals surface area (Å²) in [7, 11) is 4.02. The third kappa shape index (κ3) is 6.28. The Labute approximate surface area is 200 Å². The van der Waals surface area contributed by atoms with Crippen LogP contribution in [0.25, 0.3) is 10.9 Å². The Hall–Kier alpha value is -1.94. The molecule has 2 N–H and O–H groups in total. The molecule has 2 heterocycles. The quantitative estimate of drug-likeness (QED) is 0.267. The number of nitrogens with zero attached hydrogens (tertiary/aromatic N) is 4. The molecule has 0 amide bonds. The summed E-state index contributed by atoms with van der Waals surface area (Å²) in [5.41, 5.74) is 3.30. The number of nitrogens with one attached hydrogen (secondary N) is 2. The molecule has 0 bridgehead atoms. The Morgan fingerprint density at radius 3 is 2.57 bits per heavy atom. The third-order valence-electron chi connectivity index (χ3n) is 4.70. The third-order valence-corrected chi connectivity index (χ3v) is 5.84. The SMILES string of the molecule is CCNC(=NCc1cc(N(C)C)nc2ccccc12)NCCc1nc(C)c(C)s1.I. The number of rotatable bonds is 7. The van der Waals surface area contributed by atoms with Crippen LogP contribution in [0.3, 0.4) is 0 Å². The van der Waals surface area contributed by atoms with Gasteiger partial charge in [-0.3, -0.25) is 0 Å². The highest BCUT2D eigenvalue weighted by molar-refractivity contribution is 14.0. The average molecular weight is 539 g/mol. The minimum absolute atomic E-state index is 0. The van der Waals surface area contributed by atoms with Crippen molar-refractivity contribution >= 4 is 58.0 Å². The first-order valence-electron chi connectivity index (χ1n) is 9.99. The van der Waals surface area contributed by atoms with E-state index in [1.165, 1.54) is 15.4 Å². The smallest absolute Gasteiger partial charge is 0.191 e. The van der Waals surface area contributed by atoms with E-state index in [4.69, 9.17) is 9.98 Å². The lowest BCUT2D eigenvalue weighted by Gasteiger charge is -2.15. The number of fused-ring (bicyclic) bond motifs is 1. The van der Waals surface area contributed by atoms with E-state index in [-0.39, 0.29) is 24.0 Å². The summed E-state index contributed by atoms with van der Waals surface area (Å²) >= 11 is 1.77. The van der Waals surface area contributed by atoms with Crippen LogP contribution in [0.15, 0.2) is 35.3 Å². The summed E-state index contributed by atoms with van der Waals surface area (Å²) < 4.78 is 0. The number of para-hydroxylation sites is 1. The minimum atomic E-state index is 0. The number of guanidine groups is 1. The molecule has 162 valence electrons. The largest absolute Gasteiger partial charge is 0.363 e. The molecule has 0 aliphatic rings. The van der Waals surface area contributed by atoms with Gasteiger partial charge >= 0.3 is 0 Å². The van der Waals surface area contributed by atoms with Crippen molar-refractivity contribution in [1.82, 2.24) is 20.6 Å². The Morgan fingerprint density at radius 1 is 1.13 bits per heavy atom. The van der Waals surface area contributed by atoms with Crippen molar-refractivity contribution in [3.8, 4) is 0 Å². The standard InChI is InChI=1S/C22H30N6S.HI/c1-6-23-22(24-12-11-21-26-15(2)16(3)29-21)25-14-17-13-20(28(4)5)27-19-10-8-7-9-18(17)19;/h7-10,13H,6,11-12,14H2,1-5H3,(H2,23,24,25);1H. The van der Waals surface area contributed by atoms with Gasteiger partial charge in [-0.15, -0.1) is 35.3 Å². The van der Waals surface area contributed by atoms with Crippen LogP contribution >= 0.6 is 35.3 Å². The molecule has 8 heteroatoms. The van der Waals surface area contributed by atoms with Gasteiger partial charge in [-0.05, 0) is 38.5 Å². The van der Waals surface area contributed by atoms with Crippen LogP contribution in [-0.2, 0) is 13.0 Å². The number of hydrogen-bond acceptors (Lipinski definition) is 5. The van der Waals surface area contributed by atoms with Crippen molar-refractivity contribution in [2.75, 3.05) is 32.1 Å². The fraction of sp³-hybridized carbons (Fsp3) is 0.409. The Balaban J connectivity index is 0.00000320. The highest BCUT2D eigenvalue weighted by atomic mass is 127. The summed E-state index contributed by atoms with van der Waals surface area (Å²) in [5, 5.41) is 9.08. The zero-order valence-electron chi connectivity index (χ0n) is 18.3. The lowest BCUT2D eigenvalue weighted by Crippen LogP contribution is -2.38. The van der Waals surface area contributed by atoms with Gasteiger partial charge in [0.25, 0.3) is 0 Å². The normalized spacial score (nSPS) is 11.3. The van der Waals surface area contributed by atoms with E-state index >= 15 is 0 Å². The van der Waals surface area contributed by atoms with Crippen LogP contribution in [0, 0.1) is 13.8 Å². The van der Waals surface area contributed by atoms with Crippen molar-refractivity contribution < 1.29 is 0 Å². The van der Waals surface area contributed by atoms with Crippen LogP contribution in [0.1, 0.15) is 28.1 Å². The first-order chi connectivity index (χ1) is 14.0. The summed E-state index contributed by atoms with van der Waals surface area (Å²) in [6.07, 6.45) is 0.896. The second-order valence-electron chi connectivity index (χ2n) is 7.17. The van der Waals surface area contributed by atoms with Gasteiger partial charge in [0, 0.05) is 43.9 Å².